The third kappa shape index (κ3) is 2.74. The van der Waals surface area contributed by atoms with Crippen LogP contribution in [-0.2, 0) is 6.54 Å². The van der Waals surface area contributed by atoms with Crippen LogP contribution in [0.15, 0.2) is 36.7 Å². The van der Waals surface area contributed by atoms with Gasteiger partial charge in [-0.3, -0.25) is 0 Å². The standard InChI is InChI=1S/C11H12N4O/c16-7-1-2-10-3-5-11(6-4-10)8-15-9-12-13-14-15/h1-6,9,16H,7-8H2/b2-1+. The quantitative estimate of drug-likeness (QED) is 0.818. The lowest BCUT2D eigenvalue weighted by atomic mass is 10.1. The van der Waals surface area contributed by atoms with E-state index >= 15 is 0 Å². The molecule has 0 aliphatic heterocycles. The van der Waals surface area contributed by atoms with Gasteiger partial charge in [0.1, 0.15) is 6.33 Å². The van der Waals surface area contributed by atoms with Crippen molar-refractivity contribution in [3.8, 4) is 0 Å². The largest absolute Gasteiger partial charge is 0.392 e. The fraction of sp³-hybridized carbons (Fsp3) is 0.182. The molecule has 0 spiro atoms. The average molecular weight is 216 g/mol. The van der Waals surface area contributed by atoms with Crippen molar-refractivity contribution >= 4 is 6.08 Å². The lowest BCUT2D eigenvalue weighted by Crippen LogP contribution is -2.00. The minimum Gasteiger partial charge on any atom is -0.392 e. The van der Waals surface area contributed by atoms with Gasteiger partial charge in [-0.1, -0.05) is 36.4 Å². The molecular formula is C11H12N4O. The van der Waals surface area contributed by atoms with Crippen LogP contribution in [0.4, 0.5) is 0 Å². The predicted molar refractivity (Wildman–Crippen MR) is 59.5 cm³/mol. The summed E-state index contributed by atoms with van der Waals surface area (Å²) in [5.41, 5.74) is 2.20. The van der Waals surface area contributed by atoms with Crippen LogP contribution in [0, 0.1) is 0 Å². The van der Waals surface area contributed by atoms with Crippen LogP contribution >= 0.6 is 0 Å². The average Bonchev–Trinajstić information content (AvgIpc) is 2.81. The van der Waals surface area contributed by atoms with E-state index in [0.717, 1.165) is 11.1 Å². The third-order valence-corrected chi connectivity index (χ3v) is 2.13. The molecule has 16 heavy (non-hydrogen) atoms. The van der Waals surface area contributed by atoms with Gasteiger partial charge in [0.2, 0.25) is 0 Å². The fourth-order valence-electron chi connectivity index (χ4n) is 1.36. The molecule has 0 aliphatic rings. The molecule has 1 N–H and O–H groups in total. The van der Waals surface area contributed by atoms with E-state index in [4.69, 9.17) is 5.11 Å². The third-order valence-electron chi connectivity index (χ3n) is 2.13. The van der Waals surface area contributed by atoms with Crippen molar-refractivity contribution in [2.24, 2.45) is 0 Å². The topological polar surface area (TPSA) is 63.8 Å². The zero-order chi connectivity index (χ0) is 11.2. The highest BCUT2D eigenvalue weighted by atomic mass is 16.2. The second-order valence-electron chi connectivity index (χ2n) is 3.33. The highest BCUT2D eigenvalue weighted by Crippen LogP contribution is 2.07. The maximum absolute atomic E-state index is 8.64. The van der Waals surface area contributed by atoms with Gasteiger partial charge < -0.3 is 5.11 Å². The summed E-state index contributed by atoms with van der Waals surface area (Å²) in [5, 5.41) is 19.6. The summed E-state index contributed by atoms with van der Waals surface area (Å²) in [6.45, 7) is 0.726. The molecule has 2 rings (SSSR count). The minimum atomic E-state index is 0.0619. The van der Waals surface area contributed by atoms with Crippen molar-refractivity contribution in [3.63, 3.8) is 0 Å². The van der Waals surface area contributed by atoms with Crippen molar-refractivity contribution < 1.29 is 5.11 Å². The van der Waals surface area contributed by atoms with Gasteiger partial charge in [0.05, 0.1) is 13.2 Å². The molecule has 5 heteroatoms. The second-order valence-corrected chi connectivity index (χ2v) is 3.33. The SMILES string of the molecule is OC/C=C/c1ccc(Cn2cnnn2)cc1. The summed E-state index contributed by atoms with van der Waals surface area (Å²) in [6, 6.07) is 8.01. The van der Waals surface area contributed by atoms with E-state index in [-0.39, 0.29) is 6.61 Å². The van der Waals surface area contributed by atoms with Gasteiger partial charge in [0.15, 0.2) is 0 Å². The van der Waals surface area contributed by atoms with Gasteiger partial charge in [0, 0.05) is 0 Å². The highest BCUT2D eigenvalue weighted by Gasteiger charge is 1.95. The Hall–Kier alpha value is -2.01. The van der Waals surface area contributed by atoms with E-state index in [0.29, 0.717) is 6.54 Å². The Balaban J connectivity index is 2.05. The molecule has 1 aromatic carbocycles. The van der Waals surface area contributed by atoms with Gasteiger partial charge in [-0.15, -0.1) is 5.10 Å². The molecule has 82 valence electrons. The summed E-state index contributed by atoms with van der Waals surface area (Å²) in [7, 11) is 0. The number of nitrogens with zero attached hydrogens (tertiary/aromatic N) is 4. The molecule has 2 aromatic rings. The Kier molecular flexibility index (Phi) is 3.40. The molecule has 1 heterocycles. The molecule has 0 amide bonds. The number of hydrogen-bond acceptors (Lipinski definition) is 4. The Morgan fingerprint density at radius 1 is 1.25 bits per heavy atom. The molecule has 0 atom stereocenters. The summed E-state index contributed by atoms with van der Waals surface area (Å²) >= 11 is 0. The number of hydrogen-bond donors (Lipinski definition) is 1. The molecule has 0 saturated heterocycles. The van der Waals surface area contributed by atoms with Crippen LogP contribution in [-0.4, -0.2) is 31.9 Å². The van der Waals surface area contributed by atoms with Crippen molar-refractivity contribution in [2.75, 3.05) is 6.61 Å². The first-order valence-electron chi connectivity index (χ1n) is 4.95. The number of rotatable bonds is 4. The first-order valence-corrected chi connectivity index (χ1v) is 4.95. The predicted octanol–water partition coefficient (Wildman–Crippen LogP) is 0.727. The number of benzene rings is 1. The van der Waals surface area contributed by atoms with E-state index in [1.807, 2.05) is 30.3 Å². The van der Waals surface area contributed by atoms with E-state index < -0.39 is 0 Å². The normalized spacial score (nSPS) is 11.1. The van der Waals surface area contributed by atoms with Gasteiger partial charge >= 0.3 is 0 Å². The molecule has 0 bridgehead atoms. The first-order chi connectivity index (χ1) is 7.88. The molecule has 1 aromatic heterocycles. The number of tetrazole rings is 1. The van der Waals surface area contributed by atoms with Crippen LogP contribution < -0.4 is 0 Å². The minimum absolute atomic E-state index is 0.0619. The highest BCUT2D eigenvalue weighted by molar-refractivity contribution is 5.49. The van der Waals surface area contributed by atoms with Gasteiger partial charge in [-0.25, -0.2) is 4.68 Å². The summed E-state index contributed by atoms with van der Waals surface area (Å²) in [6.07, 6.45) is 5.16. The summed E-state index contributed by atoms with van der Waals surface area (Å²) in [4.78, 5) is 0. The van der Waals surface area contributed by atoms with E-state index in [9.17, 15) is 0 Å². The van der Waals surface area contributed by atoms with Crippen LogP contribution in [0.1, 0.15) is 11.1 Å². The smallest absolute Gasteiger partial charge is 0.138 e. The van der Waals surface area contributed by atoms with E-state index in [1.165, 1.54) is 0 Å². The van der Waals surface area contributed by atoms with Crippen LogP contribution in [0.3, 0.4) is 0 Å². The summed E-state index contributed by atoms with van der Waals surface area (Å²) < 4.78 is 1.67. The second kappa shape index (κ2) is 5.18. The van der Waals surface area contributed by atoms with Gasteiger partial charge in [-0.05, 0) is 21.6 Å². The van der Waals surface area contributed by atoms with E-state index in [2.05, 4.69) is 15.5 Å². The molecule has 0 saturated carbocycles. The number of aromatic nitrogens is 4. The van der Waals surface area contributed by atoms with Crippen LogP contribution in [0.5, 0.6) is 0 Å². The maximum atomic E-state index is 8.64. The van der Waals surface area contributed by atoms with Crippen molar-refractivity contribution in [1.29, 1.82) is 0 Å². The Morgan fingerprint density at radius 2 is 2.06 bits per heavy atom. The zero-order valence-electron chi connectivity index (χ0n) is 8.69. The van der Waals surface area contributed by atoms with E-state index in [1.54, 1.807) is 17.1 Å². The Morgan fingerprint density at radius 3 is 2.69 bits per heavy atom. The van der Waals surface area contributed by atoms with Crippen LogP contribution in [0.25, 0.3) is 6.08 Å². The molecule has 0 aliphatic carbocycles. The lowest BCUT2D eigenvalue weighted by Gasteiger charge is -2.00. The zero-order valence-corrected chi connectivity index (χ0v) is 8.69. The monoisotopic (exact) mass is 216 g/mol. The number of aliphatic hydroxyl groups excluding tert-OH is 1. The summed E-state index contributed by atoms with van der Waals surface area (Å²) in [5.74, 6) is 0. The lowest BCUT2D eigenvalue weighted by molar-refractivity contribution is 0.343. The first kappa shape index (κ1) is 10.5. The van der Waals surface area contributed by atoms with Gasteiger partial charge in [-0.2, -0.15) is 0 Å². The van der Waals surface area contributed by atoms with Crippen molar-refractivity contribution in [2.45, 2.75) is 6.54 Å². The molecular weight excluding hydrogens is 204 g/mol. The van der Waals surface area contributed by atoms with Crippen LogP contribution in [0.2, 0.25) is 0 Å². The molecule has 5 nitrogen and oxygen atoms in total. The van der Waals surface area contributed by atoms with Gasteiger partial charge in [0.25, 0.3) is 0 Å². The Labute approximate surface area is 93.0 Å². The van der Waals surface area contributed by atoms with Crippen molar-refractivity contribution in [1.82, 2.24) is 20.2 Å². The molecule has 0 fully saturated rings. The molecule has 0 radical (unpaired) electrons. The molecule has 0 unspecified atom stereocenters. The Bertz CT molecular complexity index is 447. The maximum Gasteiger partial charge on any atom is 0.138 e. The van der Waals surface area contributed by atoms with Crippen molar-refractivity contribution in [3.05, 3.63) is 47.8 Å². The number of aliphatic hydroxyl groups is 1. The fourth-order valence-corrected chi connectivity index (χ4v) is 1.36.